The first kappa shape index (κ1) is 11.3. The van der Waals surface area contributed by atoms with Crippen LogP contribution in [0.25, 0.3) is 0 Å². The van der Waals surface area contributed by atoms with Crippen molar-refractivity contribution in [2.45, 2.75) is 56.3 Å². The van der Waals surface area contributed by atoms with Gasteiger partial charge in [-0.1, -0.05) is 6.92 Å². The van der Waals surface area contributed by atoms with E-state index >= 15 is 0 Å². The van der Waals surface area contributed by atoms with Crippen LogP contribution in [0.4, 0.5) is 0 Å². The molecule has 1 aliphatic heterocycles. The molecule has 0 amide bonds. The van der Waals surface area contributed by atoms with Crippen LogP contribution in [0, 0.1) is 0 Å². The first-order valence-corrected chi connectivity index (χ1v) is 6.06. The number of thioether (sulfide) groups is 1. The number of rotatable bonds is 4. The molecule has 0 radical (unpaired) electrons. The second-order valence-corrected chi connectivity index (χ2v) is 5.75. The van der Waals surface area contributed by atoms with Crippen LogP contribution in [0.1, 0.15) is 33.6 Å². The summed E-state index contributed by atoms with van der Waals surface area (Å²) in [6.45, 7) is 7.44. The van der Waals surface area contributed by atoms with Gasteiger partial charge in [-0.05, 0) is 26.7 Å². The molecule has 0 aromatic rings. The van der Waals surface area contributed by atoms with Gasteiger partial charge < -0.3 is 10.5 Å². The maximum Gasteiger partial charge on any atom is 0.0666 e. The number of hydrogen-bond donors (Lipinski definition) is 1. The Bertz CT molecular complexity index is 152. The number of hydrogen-bond acceptors (Lipinski definition) is 3. The van der Waals surface area contributed by atoms with Crippen LogP contribution in [0.3, 0.4) is 0 Å². The normalized spacial score (nSPS) is 33.2. The Balaban J connectivity index is 2.22. The fourth-order valence-electron chi connectivity index (χ4n) is 1.77. The van der Waals surface area contributed by atoms with E-state index in [0.29, 0.717) is 22.6 Å². The molecule has 0 saturated carbocycles. The van der Waals surface area contributed by atoms with Gasteiger partial charge >= 0.3 is 0 Å². The molecule has 0 aliphatic carbocycles. The number of nitrogens with two attached hydrogens (primary N) is 1. The Labute approximate surface area is 85.6 Å². The van der Waals surface area contributed by atoms with Crippen molar-refractivity contribution in [2.24, 2.45) is 5.73 Å². The van der Waals surface area contributed by atoms with Gasteiger partial charge in [-0.3, -0.25) is 0 Å². The Kier molecular flexibility index (Phi) is 4.56. The molecule has 0 aromatic carbocycles. The summed E-state index contributed by atoms with van der Waals surface area (Å²) >= 11 is 2.04. The van der Waals surface area contributed by atoms with E-state index in [9.17, 15) is 0 Å². The second kappa shape index (κ2) is 5.23. The summed E-state index contributed by atoms with van der Waals surface area (Å²) in [5.74, 6) is 0. The van der Waals surface area contributed by atoms with Crippen molar-refractivity contribution in [1.82, 2.24) is 0 Å². The van der Waals surface area contributed by atoms with Crippen LogP contribution in [-0.4, -0.2) is 29.3 Å². The molecule has 3 heteroatoms. The van der Waals surface area contributed by atoms with Gasteiger partial charge in [0.15, 0.2) is 0 Å². The summed E-state index contributed by atoms with van der Waals surface area (Å²) in [6.07, 6.45) is 2.74. The van der Waals surface area contributed by atoms with Gasteiger partial charge in [0.05, 0.1) is 6.10 Å². The molecule has 1 saturated heterocycles. The van der Waals surface area contributed by atoms with E-state index in [1.807, 2.05) is 11.8 Å². The Morgan fingerprint density at radius 1 is 1.54 bits per heavy atom. The first-order chi connectivity index (χ1) is 6.09. The van der Waals surface area contributed by atoms with Crippen molar-refractivity contribution in [2.75, 3.05) is 6.61 Å². The van der Waals surface area contributed by atoms with E-state index < -0.39 is 0 Å². The van der Waals surface area contributed by atoms with Gasteiger partial charge in [-0.15, -0.1) is 0 Å². The zero-order valence-corrected chi connectivity index (χ0v) is 9.64. The zero-order chi connectivity index (χ0) is 9.84. The highest BCUT2D eigenvalue weighted by Gasteiger charge is 2.26. The van der Waals surface area contributed by atoms with Crippen molar-refractivity contribution in [1.29, 1.82) is 0 Å². The van der Waals surface area contributed by atoms with E-state index in [1.54, 1.807) is 0 Å². The maximum atomic E-state index is 5.76. The summed E-state index contributed by atoms with van der Waals surface area (Å²) in [5.41, 5.74) is 5.76. The van der Waals surface area contributed by atoms with E-state index in [-0.39, 0.29) is 0 Å². The first-order valence-electron chi connectivity index (χ1n) is 5.12. The van der Waals surface area contributed by atoms with Crippen molar-refractivity contribution < 1.29 is 4.74 Å². The SMILES string of the molecule is CC(N)CC(C)SC1CCOC1C. The van der Waals surface area contributed by atoms with Gasteiger partial charge in [-0.2, -0.15) is 11.8 Å². The maximum absolute atomic E-state index is 5.76. The molecule has 1 aliphatic rings. The largest absolute Gasteiger partial charge is 0.377 e. The van der Waals surface area contributed by atoms with Gasteiger partial charge in [0.1, 0.15) is 0 Å². The average Bonchev–Trinajstić information content (AvgIpc) is 2.34. The fraction of sp³-hybridized carbons (Fsp3) is 1.00. The van der Waals surface area contributed by atoms with Crippen LogP contribution in [0.2, 0.25) is 0 Å². The van der Waals surface area contributed by atoms with E-state index in [0.717, 1.165) is 13.0 Å². The lowest BCUT2D eigenvalue weighted by atomic mass is 10.2. The van der Waals surface area contributed by atoms with Crippen LogP contribution >= 0.6 is 11.8 Å². The molecule has 2 N–H and O–H groups in total. The molecule has 0 bridgehead atoms. The standard InChI is InChI=1S/C10H21NOS/c1-7(11)6-8(2)13-10-4-5-12-9(10)3/h7-10H,4-6,11H2,1-3H3. The van der Waals surface area contributed by atoms with E-state index in [1.165, 1.54) is 6.42 Å². The van der Waals surface area contributed by atoms with Gasteiger partial charge in [-0.25, -0.2) is 0 Å². The molecular weight excluding hydrogens is 182 g/mol. The highest BCUT2D eigenvalue weighted by molar-refractivity contribution is 8.00. The third kappa shape index (κ3) is 3.88. The lowest BCUT2D eigenvalue weighted by Gasteiger charge is -2.20. The lowest BCUT2D eigenvalue weighted by molar-refractivity contribution is 0.127. The van der Waals surface area contributed by atoms with Crippen molar-refractivity contribution >= 4 is 11.8 Å². The third-order valence-corrected chi connectivity index (χ3v) is 4.04. The quantitative estimate of drug-likeness (QED) is 0.759. The summed E-state index contributed by atoms with van der Waals surface area (Å²) in [7, 11) is 0. The zero-order valence-electron chi connectivity index (χ0n) is 8.82. The van der Waals surface area contributed by atoms with Crippen molar-refractivity contribution in [3.8, 4) is 0 Å². The molecule has 78 valence electrons. The van der Waals surface area contributed by atoms with Gasteiger partial charge in [0.2, 0.25) is 0 Å². The molecule has 1 fully saturated rings. The second-order valence-electron chi connectivity index (χ2n) is 4.06. The monoisotopic (exact) mass is 203 g/mol. The summed E-state index contributed by atoms with van der Waals surface area (Å²) in [4.78, 5) is 0. The van der Waals surface area contributed by atoms with Crippen LogP contribution < -0.4 is 5.73 Å². The molecule has 0 aromatic heterocycles. The summed E-state index contributed by atoms with van der Waals surface area (Å²) < 4.78 is 5.52. The van der Waals surface area contributed by atoms with Crippen LogP contribution in [0.15, 0.2) is 0 Å². The Morgan fingerprint density at radius 3 is 2.69 bits per heavy atom. The van der Waals surface area contributed by atoms with Crippen LogP contribution in [0.5, 0.6) is 0 Å². The van der Waals surface area contributed by atoms with E-state index in [4.69, 9.17) is 10.5 Å². The molecule has 2 nitrogen and oxygen atoms in total. The minimum absolute atomic E-state index is 0.320. The van der Waals surface area contributed by atoms with Crippen molar-refractivity contribution in [3.63, 3.8) is 0 Å². The summed E-state index contributed by atoms with van der Waals surface area (Å²) in [5, 5.41) is 1.35. The van der Waals surface area contributed by atoms with Crippen molar-refractivity contribution in [3.05, 3.63) is 0 Å². The molecular formula is C10H21NOS. The predicted octanol–water partition coefficient (Wildman–Crippen LogP) is 2.02. The smallest absolute Gasteiger partial charge is 0.0666 e. The highest BCUT2D eigenvalue weighted by atomic mass is 32.2. The molecule has 13 heavy (non-hydrogen) atoms. The Hall–Kier alpha value is 0.270. The van der Waals surface area contributed by atoms with Gasteiger partial charge in [0, 0.05) is 23.1 Å². The Morgan fingerprint density at radius 2 is 2.23 bits per heavy atom. The lowest BCUT2D eigenvalue weighted by Crippen LogP contribution is -2.23. The highest BCUT2D eigenvalue weighted by Crippen LogP contribution is 2.30. The molecule has 4 atom stereocenters. The third-order valence-electron chi connectivity index (χ3n) is 2.42. The number of ether oxygens (including phenoxy) is 1. The van der Waals surface area contributed by atoms with E-state index in [2.05, 4.69) is 20.8 Å². The molecule has 1 heterocycles. The predicted molar refractivity (Wildman–Crippen MR) is 59.1 cm³/mol. The summed E-state index contributed by atoms with van der Waals surface area (Å²) in [6, 6.07) is 0.320. The fourth-order valence-corrected chi connectivity index (χ4v) is 3.31. The topological polar surface area (TPSA) is 35.2 Å². The molecule has 4 unspecified atom stereocenters. The average molecular weight is 203 g/mol. The van der Waals surface area contributed by atoms with Gasteiger partial charge in [0.25, 0.3) is 0 Å². The minimum Gasteiger partial charge on any atom is -0.377 e. The molecule has 1 rings (SSSR count). The minimum atomic E-state index is 0.320. The molecule has 0 spiro atoms. The van der Waals surface area contributed by atoms with Crippen LogP contribution in [-0.2, 0) is 4.74 Å².